The molecule has 1 N–H and O–H groups in total. The number of alkyl halides is 3. The molecule has 0 bridgehead atoms. The normalized spacial score (nSPS) is 12.6. The van der Waals surface area contributed by atoms with Gasteiger partial charge in [0.15, 0.2) is 0 Å². The van der Waals surface area contributed by atoms with Crippen LogP contribution < -0.4 is 5.32 Å². The Labute approximate surface area is 114 Å². The van der Waals surface area contributed by atoms with E-state index in [2.05, 4.69) is 42.0 Å². The SMILES string of the molecule is CC(C)(C)CCNc1cc(C(F)(F)F)ccc1Br. The highest BCUT2D eigenvalue weighted by Gasteiger charge is 2.30. The van der Waals surface area contributed by atoms with Crippen molar-refractivity contribution >= 4 is 21.6 Å². The standard InChI is InChI=1S/C13H17BrF3N/c1-12(2,3)6-7-18-11-8-9(13(15,16)17)4-5-10(11)14/h4-5,8,18H,6-7H2,1-3H3. The smallest absolute Gasteiger partial charge is 0.384 e. The maximum Gasteiger partial charge on any atom is 0.416 e. The Kier molecular flexibility index (Phi) is 4.70. The summed E-state index contributed by atoms with van der Waals surface area (Å²) < 4.78 is 38.3. The van der Waals surface area contributed by atoms with Crippen LogP contribution in [0.15, 0.2) is 22.7 Å². The van der Waals surface area contributed by atoms with Crippen molar-refractivity contribution in [3.63, 3.8) is 0 Å². The van der Waals surface area contributed by atoms with Gasteiger partial charge >= 0.3 is 6.18 Å². The van der Waals surface area contributed by atoms with Gasteiger partial charge in [-0.1, -0.05) is 20.8 Å². The lowest BCUT2D eigenvalue weighted by Crippen LogP contribution is -2.13. The quantitative estimate of drug-likeness (QED) is 0.794. The topological polar surface area (TPSA) is 12.0 Å². The Morgan fingerprint density at radius 2 is 1.78 bits per heavy atom. The minimum absolute atomic E-state index is 0.154. The fourth-order valence-corrected chi connectivity index (χ4v) is 1.80. The van der Waals surface area contributed by atoms with Crippen LogP contribution in [-0.4, -0.2) is 6.54 Å². The zero-order valence-corrected chi connectivity index (χ0v) is 12.2. The van der Waals surface area contributed by atoms with Crippen LogP contribution in [0.3, 0.4) is 0 Å². The summed E-state index contributed by atoms with van der Waals surface area (Å²) in [5, 5.41) is 3.04. The van der Waals surface area contributed by atoms with Crippen molar-refractivity contribution in [2.45, 2.75) is 33.4 Å². The van der Waals surface area contributed by atoms with Crippen LogP contribution in [0.4, 0.5) is 18.9 Å². The lowest BCUT2D eigenvalue weighted by molar-refractivity contribution is -0.137. The molecule has 0 fully saturated rings. The molecule has 18 heavy (non-hydrogen) atoms. The van der Waals surface area contributed by atoms with E-state index in [1.54, 1.807) is 0 Å². The fraction of sp³-hybridized carbons (Fsp3) is 0.538. The first-order chi connectivity index (χ1) is 8.09. The summed E-state index contributed by atoms with van der Waals surface area (Å²) in [6.45, 7) is 6.92. The Balaban J connectivity index is 2.76. The van der Waals surface area contributed by atoms with Gasteiger partial charge in [-0.2, -0.15) is 13.2 Å². The number of hydrogen-bond acceptors (Lipinski definition) is 1. The first-order valence-corrected chi connectivity index (χ1v) is 6.49. The van der Waals surface area contributed by atoms with Gasteiger partial charge in [-0.3, -0.25) is 0 Å². The lowest BCUT2D eigenvalue weighted by atomic mass is 9.92. The molecule has 0 aromatic heterocycles. The predicted molar refractivity (Wildman–Crippen MR) is 71.7 cm³/mol. The molecule has 0 spiro atoms. The number of anilines is 1. The molecule has 0 unspecified atom stereocenters. The molecule has 0 radical (unpaired) electrons. The third-order valence-corrected chi connectivity index (χ3v) is 3.18. The van der Waals surface area contributed by atoms with E-state index in [4.69, 9.17) is 0 Å². The highest BCUT2D eigenvalue weighted by atomic mass is 79.9. The van der Waals surface area contributed by atoms with Crippen molar-refractivity contribution in [3.8, 4) is 0 Å². The van der Waals surface area contributed by atoms with Gasteiger partial charge in [0, 0.05) is 16.7 Å². The lowest BCUT2D eigenvalue weighted by Gasteiger charge is -2.19. The molecule has 1 nitrogen and oxygen atoms in total. The Morgan fingerprint density at radius 1 is 1.17 bits per heavy atom. The molecule has 0 amide bonds. The summed E-state index contributed by atoms with van der Waals surface area (Å²) in [5.41, 5.74) is -0.000716. The largest absolute Gasteiger partial charge is 0.416 e. The maximum absolute atomic E-state index is 12.6. The number of halogens is 4. The predicted octanol–water partition coefficient (Wildman–Crippen LogP) is 5.32. The van der Waals surface area contributed by atoms with Crippen LogP contribution in [0.5, 0.6) is 0 Å². The summed E-state index contributed by atoms with van der Waals surface area (Å²) in [7, 11) is 0. The molecule has 102 valence electrons. The fourth-order valence-electron chi connectivity index (χ4n) is 1.41. The number of nitrogens with one attached hydrogen (secondary N) is 1. The van der Waals surface area contributed by atoms with Gasteiger partial charge in [0.2, 0.25) is 0 Å². The van der Waals surface area contributed by atoms with Crippen LogP contribution in [0, 0.1) is 5.41 Å². The number of rotatable bonds is 3. The van der Waals surface area contributed by atoms with Crippen LogP contribution in [0.2, 0.25) is 0 Å². The van der Waals surface area contributed by atoms with Crippen LogP contribution in [-0.2, 0) is 6.18 Å². The maximum atomic E-state index is 12.6. The molecule has 0 saturated heterocycles. The van der Waals surface area contributed by atoms with Crippen LogP contribution >= 0.6 is 15.9 Å². The van der Waals surface area contributed by atoms with E-state index in [1.165, 1.54) is 6.07 Å². The van der Waals surface area contributed by atoms with Crippen molar-refractivity contribution in [2.75, 3.05) is 11.9 Å². The van der Waals surface area contributed by atoms with E-state index in [0.29, 0.717) is 16.7 Å². The van der Waals surface area contributed by atoms with E-state index in [9.17, 15) is 13.2 Å². The summed E-state index contributed by atoms with van der Waals surface area (Å²) in [5.74, 6) is 0. The Hall–Kier alpha value is -0.710. The summed E-state index contributed by atoms with van der Waals surface area (Å²) >= 11 is 3.25. The first-order valence-electron chi connectivity index (χ1n) is 5.70. The monoisotopic (exact) mass is 323 g/mol. The second kappa shape index (κ2) is 5.51. The van der Waals surface area contributed by atoms with E-state index in [0.717, 1.165) is 18.6 Å². The Morgan fingerprint density at radius 3 is 2.28 bits per heavy atom. The molecule has 0 aliphatic heterocycles. The average molecular weight is 324 g/mol. The molecular formula is C13H17BrF3N. The first kappa shape index (κ1) is 15.3. The third kappa shape index (κ3) is 4.88. The van der Waals surface area contributed by atoms with Crippen molar-refractivity contribution < 1.29 is 13.2 Å². The molecular weight excluding hydrogens is 307 g/mol. The Bertz CT molecular complexity index is 408. The van der Waals surface area contributed by atoms with Gasteiger partial charge in [0.1, 0.15) is 0 Å². The molecule has 1 rings (SSSR count). The van der Waals surface area contributed by atoms with Crippen LogP contribution in [0.1, 0.15) is 32.8 Å². The molecule has 0 aliphatic rings. The zero-order chi connectivity index (χ0) is 14.0. The minimum Gasteiger partial charge on any atom is -0.384 e. The molecule has 0 aliphatic carbocycles. The molecule has 1 aromatic carbocycles. The zero-order valence-electron chi connectivity index (χ0n) is 10.7. The van der Waals surface area contributed by atoms with E-state index in [1.807, 2.05) is 0 Å². The van der Waals surface area contributed by atoms with Gasteiger partial charge in [0.25, 0.3) is 0 Å². The summed E-state index contributed by atoms with van der Waals surface area (Å²) in [6.07, 6.45) is -3.42. The average Bonchev–Trinajstić information content (AvgIpc) is 2.17. The minimum atomic E-state index is -4.30. The second-order valence-corrected chi connectivity index (χ2v) is 6.28. The highest BCUT2D eigenvalue weighted by molar-refractivity contribution is 9.10. The highest BCUT2D eigenvalue weighted by Crippen LogP contribution is 2.34. The molecule has 1 aromatic rings. The van der Waals surface area contributed by atoms with E-state index >= 15 is 0 Å². The molecule has 0 atom stereocenters. The van der Waals surface area contributed by atoms with Gasteiger partial charge < -0.3 is 5.32 Å². The van der Waals surface area contributed by atoms with Gasteiger partial charge in [-0.25, -0.2) is 0 Å². The van der Waals surface area contributed by atoms with Crippen molar-refractivity contribution in [1.82, 2.24) is 0 Å². The third-order valence-electron chi connectivity index (χ3n) is 2.48. The second-order valence-electron chi connectivity index (χ2n) is 5.43. The van der Waals surface area contributed by atoms with Gasteiger partial charge in [-0.15, -0.1) is 0 Å². The molecule has 0 saturated carbocycles. The van der Waals surface area contributed by atoms with Gasteiger partial charge in [0.05, 0.1) is 5.56 Å². The summed E-state index contributed by atoms with van der Waals surface area (Å²) in [6, 6.07) is 3.62. The summed E-state index contributed by atoms with van der Waals surface area (Å²) in [4.78, 5) is 0. The van der Waals surface area contributed by atoms with E-state index in [-0.39, 0.29) is 5.41 Å². The number of benzene rings is 1. The van der Waals surface area contributed by atoms with E-state index < -0.39 is 11.7 Å². The molecule has 5 heteroatoms. The van der Waals surface area contributed by atoms with Crippen molar-refractivity contribution in [1.29, 1.82) is 0 Å². The van der Waals surface area contributed by atoms with Crippen LogP contribution in [0.25, 0.3) is 0 Å². The van der Waals surface area contributed by atoms with Gasteiger partial charge in [-0.05, 0) is 46.0 Å². The van der Waals surface area contributed by atoms with Crippen molar-refractivity contribution in [3.05, 3.63) is 28.2 Å². The van der Waals surface area contributed by atoms with Crippen molar-refractivity contribution in [2.24, 2.45) is 5.41 Å². The molecule has 0 heterocycles. The number of hydrogen-bond donors (Lipinski definition) is 1.